The van der Waals surface area contributed by atoms with Gasteiger partial charge in [-0.1, -0.05) is 24.3 Å². The second kappa shape index (κ2) is 11.0. The molecule has 0 fully saturated rings. The molecule has 2 rings (SSSR count). The Morgan fingerprint density at radius 3 is 2.29 bits per heavy atom. The number of benzene rings is 2. The van der Waals surface area contributed by atoms with Crippen LogP contribution in [0.4, 0.5) is 0 Å². The molecule has 0 aromatic heterocycles. The lowest BCUT2D eigenvalue weighted by atomic mass is 10.1. The maximum absolute atomic E-state index is 12.2. The summed E-state index contributed by atoms with van der Waals surface area (Å²) >= 11 is 0. The van der Waals surface area contributed by atoms with Crippen molar-refractivity contribution in [2.75, 3.05) is 33.9 Å². The summed E-state index contributed by atoms with van der Waals surface area (Å²) in [6.45, 7) is 2.54. The topological polar surface area (TPSA) is 67.9 Å². The van der Waals surface area contributed by atoms with Crippen LogP contribution in [0.3, 0.4) is 0 Å². The second-order valence-electron chi connectivity index (χ2n) is 6.49. The minimum atomic E-state index is -0.159. The molecule has 0 saturated heterocycles. The highest BCUT2D eigenvalue weighted by Gasteiger charge is 2.13. The predicted molar refractivity (Wildman–Crippen MR) is 109 cm³/mol. The Hall–Kier alpha value is -3.02. The standard InChI is InChI=1S/C22H28N2O4/c1-17(25)24(14-12-18-7-9-20(27-2)10-8-18)16-22(26)23-13-11-19-5-4-6-21(15-19)28-3/h4-10,15H,11-14,16H2,1-3H3,(H,23,26). The molecule has 0 saturated carbocycles. The molecular weight excluding hydrogens is 356 g/mol. The van der Waals surface area contributed by atoms with E-state index in [1.54, 1.807) is 19.1 Å². The van der Waals surface area contributed by atoms with Crippen molar-refractivity contribution >= 4 is 11.8 Å². The zero-order chi connectivity index (χ0) is 20.4. The predicted octanol–water partition coefficient (Wildman–Crippen LogP) is 2.45. The molecular formula is C22H28N2O4. The summed E-state index contributed by atoms with van der Waals surface area (Å²) in [6, 6.07) is 15.4. The van der Waals surface area contributed by atoms with Gasteiger partial charge in [-0.2, -0.15) is 0 Å². The number of carbonyl (C=O) groups is 2. The summed E-state index contributed by atoms with van der Waals surface area (Å²) in [6.07, 6.45) is 1.38. The molecule has 0 spiro atoms. The van der Waals surface area contributed by atoms with Crippen LogP contribution in [0.2, 0.25) is 0 Å². The van der Waals surface area contributed by atoms with Gasteiger partial charge >= 0.3 is 0 Å². The smallest absolute Gasteiger partial charge is 0.239 e. The van der Waals surface area contributed by atoms with Crippen LogP contribution in [0.15, 0.2) is 48.5 Å². The molecule has 0 heterocycles. The first-order valence-corrected chi connectivity index (χ1v) is 9.30. The minimum Gasteiger partial charge on any atom is -0.497 e. The molecule has 1 N–H and O–H groups in total. The fourth-order valence-corrected chi connectivity index (χ4v) is 2.81. The number of hydrogen-bond donors (Lipinski definition) is 1. The highest BCUT2D eigenvalue weighted by molar-refractivity contribution is 5.83. The lowest BCUT2D eigenvalue weighted by Crippen LogP contribution is -2.41. The van der Waals surface area contributed by atoms with Crippen molar-refractivity contribution in [3.05, 3.63) is 59.7 Å². The Morgan fingerprint density at radius 2 is 1.64 bits per heavy atom. The van der Waals surface area contributed by atoms with Crippen molar-refractivity contribution in [3.63, 3.8) is 0 Å². The number of methoxy groups -OCH3 is 2. The van der Waals surface area contributed by atoms with E-state index < -0.39 is 0 Å². The fourth-order valence-electron chi connectivity index (χ4n) is 2.81. The number of carbonyl (C=O) groups excluding carboxylic acids is 2. The minimum absolute atomic E-state index is 0.0591. The van der Waals surface area contributed by atoms with Crippen molar-refractivity contribution < 1.29 is 19.1 Å². The van der Waals surface area contributed by atoms with Gasteiger partial charge in [0.15, 0.2) is 0 Å². The van der Waals surface area contributed by atoms with Crippen molar-refractivity contribution in [1.29, 1.82) is 0 Å². The van der Waals surface area contributed by atoms with E-state index in [-0.39, 0.29) is 18.4 Å². The molecule has 0 radical (unpaired) electrons. The van der Waals surface area contributed by atoms with Crippen LogP contribution < -0.4 is 14.8 Å². The van der Waals surface area contributed by atoms with E-state index in [1.807, 2.05) is 48.5 Å². The van der Waals surface area contributed by atoms with Crippen LogP contribution in [-0.4, -0.2) is 50.6 Å². The highest BCUT2D eigenvalue weighted by atomic mass is 16.5. The molecule has 0 aliphatic rings. The van der Waals surface area contributed by atoms with Crippen molar-refractivity contribution in [1.82, 2.24) is 10.2 Å². The molecule has 0 aliphatic heterocycles. The normalized spacial score (nSPS) is 10.2. The quantitative estimate of drug-likeness (QED) is 0.683. The van der Waals surface area contributed by atoms with Crippen LogP contribution in [0.25, 0.3) is 0 Å². The van der Waals surface area contributed by atoms with E-state index in [1.165, 1.54) is 6.92 Å². The summed E-state index contributed by atoms with van der Waals surface area (Å²) < 4.78 is 10.3. The number of ether oxygens (including phenoxy) is 2. The van der Waals surface area contributed by atoms with Gasteiger partial charge in [0.1, 0.15) is 11.5 Å². The van der Waals surface area contributed by atoms with Gasteiger partial charge in [-0.3, -0.25) is 9.59 Å². The average molecular weight is 384 g/mol. The van der Waals surface area contributed by atoms with Crippen LogP contribution in [0.1, 0.15) is 18.1 Å². The van der Waals surface area contributed by atoms with E-state index in [2.05, 4.69) is 5.32 Å². The summed E-state index contributed by atoms with van der Waals surface area (Å²) in [4.78, 5) is 25.7. The van der Waals surface area contributed by atoms with E-state index >= 15 is 0 Å². The van der Waals surface area contributed by atoms with Crippen LogP contribution in [-0.2, 0) is 22.4 Å². The first-order chi connectivity index (χ1) is 13.5. The zero-order valence-electron chi connectivity index (χ0n) is 16.7. The Labute approximate surface area is 166 Å². The van der Waals surface area contributed by atoms with Gasteiger partial charge in [0.05, 0.1) is 20.8 Å². The molecule has 0 aliphatic carbocycles. The van der Waals surface area contributed by atoms with Gasteiger partial charge < -0.3 is 19.7 Å². The molecule has 0 atom stereocenters. The zero-order valence-corrected chi connectivity index (χ0v) is 16.7. The molecule has 6 nitrogen and oxygen atoms in total. The van der Waals surface area contributed by atoms with Gasteiger partial charge in [-0.05, 0) is 48.2 Å². The molecule has 2 aromatic rings. The molecule has 2 aromatic carbocycles. The van der Waals surface area contributed by atoms with Gasteiger partial charge in [0, 0.05) is 20.0 Å². The Bertz CT molecular complexity index is 774. The third kappa shape index (κ3) is 6.95. The monoisotopic (exact) mass is 384 g/mol. The third-order valence-corrected chi connectivity index (χ3v) is 4.48. The van der Waals surface area contributed by atoms with Crippen LogP contribution >= 0.6 is 0 Å². The fraction of sp³-hybridized carbons (Fsp3) is 0.364. The van der Waals surface area contributed by atoms with Crippen molar-refractivity contribution in [3.8, 4) is 11.5 Å². The number of hydrogen-bond acceptors (Lipinski definition) is 4. The maximum atomic E-state index is 12.2. The summed E-state index contributed by atoms with van der Waals surface area (Å²) in [5.41, 5.74) is 2.17. The number of nitrogens with zero attached hydrogens (tertiary/aromatic N) is 1. The van der Waals surface area contributed by atoms with E-state index in [0.717, 1.165) is 22.6 Å². The van der Waals surface area contributed by atoms with Crippen molar-refractivity contribution in [2.45, 2.75) is 19.8 Å². The first-order valence-electron chi connectivity index (χ1n) is 9.30. The maximum Gasteiger partial charge on any atom is 0.239 e. The van der Waals surface area contributed by atoms with Crippen molar-refractivity contribution in [2.24, 2.45) is 0 Å². The SMILES string of the molecule is COc1ccc(CCN(CC(=O)NCCc2cccc(OC)c2)C(C)=O)cc1. The van der Waals surface area contributed by atoms with E-state index in [4.69, 9.17) is 9.47 Å². The largest absolute Gasteiger partial charge is 0.497 e. The Balaban J connectivity index is 1.78. The number of rotatable bonds is 10. The number of nitrogens with one attached hydrogen (secondary N) is 1. The van der Waals surface area contributed by atoms with Gasteiger partial charge in [-0.15, -0.1) is 0 Å². The third-order valence-electron chi connectivity index (χ3n) is 4.48. The molecule has 28 heavy (non-hydrogen) atoms. The number of amides is 2. The van der Waals surface area contributed by atoms with E-state index in [9.17, 15) is 9.59 Å². The molecule has 0 unspecified atom stereocenters. The molecule has 150 valence electrons. The van der Waals surface area contributed by atoms with Gasteiger partial charge in [0.25, 0.3) is 0 Å². The summed E-state index contributed by atoms with van der Waals surface area (Å²) in [7, 11) is 3.25. The Morgan fingerprint density at radius 1 is 0.929 bits per heavy atom. The molecule has 0 bridgehead atoms. The lowest BCUT2D eigenvalue weighted by Gasteiger charge is -2.20. The van der Waals surface area contributed by atoms with Crippen LogP contribution in [0, 0.1) is 0 Å². The van der Waals surface area contributed by atoms with Crippen LogP contribution in [0.5, 0.6) is 11.5 Å². The summed E-state index contributed by atoms with van der Waals surface area (Å²) in [5.74, 6) is 1.32. The second-order valence-corrected chi connectivity index (χ2v) is 6.49. The average Bonchev–Trinajstić information content (AvgIpc) is 2.71. The highest BCUT2D eigenvalue weighted by Crippen LogP contribution is 2.13. The molecule has 6 heteroatoms. The van der Waals surface area contributed by atoms with E-state index in [0.29, 0.717) is 25.9 Å². The Kier molecular flexibility index (Phi) is 8.34. The summed E-state index contributed by atoms with van der Waals surface area (Å²) in [5, 5.41) is 2.88. The van der Waals surface area contributed by atoms with Gasteiger partial charge in [-0.25, -0.2) is 0 Å². The van der Waals surface area contributed by atoms with Gasteiger partial charge in [0.2, 0.25) is 11.8 Å². The molecule has 2 amide bonds. The first kappa shape index (κ1) is 21.3. The lowest BCUT2D eigenvalue weighted by molar-refractivity contribution is -0.134.